The molecule has 0 radical (unpaired) electrons. The van der Waals surface area contributed by atoms with E-state index < -0.39 is 12.2 Å². The van der Waals surface area contributed by atoms with E-state index in [0.717, 1.165) is 6.42 Å². The van der Waals surface area contributed by atoms with Crippen molar-refractivity contribution < 1.29 is 15.0 Å². The van der Waals surface area contributed by atoms with E-state index in [2.05, 4.69) is 5.32 Å². The Hall–Kier alpha value is -0.610. The summed E-state index contributed by atoms with van der Waals surface area (Å²) in [7, 11) is 0. The summed E-state index contributed by atoms with van der Waals surface area (Å²) in [5, 5.41) is 20.9. The number of aliphatic hydroxyl groups excluding tert-OH is 2. The second-order valence-electron chi connectivity index (χ2n) is 3.33. The summed E-state index contributed by atoms with van der Waals surface area (Å²) in [5.41, 5.74) is 0. The summed E-state index contributed by atoms with van der Waals surface area (Å²) in [5.74, 6) is 0.349. The van der Waals surface area contributed by atoms with Crippen LogP contribution in [0.4, 0.5) is 0 Å². The largest absolute Gasteiger partial charge is 0.390 e. The molecule has 1 amide bonds. The van der Waals surface area contributed by atoms with Crippen molar-refractivity contribution in [2.24, 2.45) is 5.92 Å². The van der Waals surface area contributed by atoms with Gasteiger partial charge in [-0.1, -0.05) is 0 Å². The summed E-state index contributed by atoms with van der Waals surface area (Å²) in [4.78, 5) is 9.90. The molecule has 3 atom stereocenters. The highest BCUT2D eigenvalue weighted by Crippen LogP contribution is 2.27. The summed E-state index contributed by atoms with van der Waals surface area (Å²) < 4.78 is 0. The van der Waals surface area contributed by atoms with Gasteiger partial charge in [-0.05, 0) is 25.2 Å². The van der Waals surface area contributed by atoms with E-state index in [1.165, 1.54) is 0 Å². The van der Waals surface area contributed by atoms with E-state index in [1.807, 2.05) is 0 Å². The second kappa shape index (κ2) is 4.42. The summed E-state index contributed by atoms with van der Waals surface area (Å²) in [6.07, 6.45) is 1.69. The van der Waals surface area contributed by atoms with E-state index in [1.54, 1.807) is 0 Å². The molecule has 0 spiro atoms. The Labute approximate surface area is 71.6 Å². The molecule has 0 heterocycles. The maximum atomic E-state index is 9.90. The molecule has 0 aromatic heterocycles. The van der Waals surface area contributed by atoms with Crippen molar-refractivity contribution in [1.82, 2.24) is 5.32 Å². The van der Waals surface area contributed by atoms with Gasteiger partial charge in [0.25, 0.3) is 0 Å². The fraction of sp³-hybridized carbons (Fsp3) is 0.875. The Morgan fingerprint density at radius 2 is 1.92 bits per heavy atom. The van der Waals surface area contributed by atoms with Crippen LogP contribution in [0.25, 0.3) is 0 Å². The minimum atomic E-state index is -0.564. The third-order valence-electron chi connectivity index (χ3n) is 2.37. The zero-order chi connectivity index (χ0) is 8.97. The number of hydrogen-bond acceptors (Lipinski definition) is 3. The van der Waals surface area contributed by atoms with Crippen LogP contribution in [0.5, 0.6) is 0 Å². The first kappa shape index (κ1) is 9.48. The van der Waals surface area contributed by atoms with Crippen LogP contribution >= 0.6 is 0 Å². The monoisotopic (exact) mass is 173 g/mol. The van der Waals surface area contributed by atoms with Crippen molar-refractivity contribution in [3.05, 3.63) is 0 Å². The first-order valence-electron chi connectivity index (χ1n) is 4.27. The topological polar surface area (TPSA) is 69.6 Å². The molecule has 4 nitrogen and oxygen atoms in total. The van der Waals surface area contributed by atoms with Gasteiger partial charge in [-0.3, -0.25) is 4.79 Å². The molecule has 1 fully saturated rings. The summed E-state index contributed by atoms with van der Waals surface area (Å²) in [6, 6.07) is 0. The Morgan fingerprint density at radius 3 is 2.42 bits per heavy atom. The molecule has 1 unspecified atom stereocenters. The van der Waals surface area contributed by atoms with E-state index in [0.29, 0.717) is 31.7 Å². The third kappa shape index (κ3) is 2.46. The van der Waals surface area contributed by atoms with E-state index >= 15 is 0 Å². The summed E-state index contributed by atoms with van der Waals surface area (Å²) in [6.45, 7) is 0.633. The molecule has 0 bridgehead atoms. The lowest BCUT2D eigenvalue weighted by Gasteiger charge is -2.06. The normalized spacial score (nSPS) is 35.0. The van der Waals surface area contributed by atoms with Crippen LogP contribution in [0.1, 0.15) is 19.3 Å². The first-order valence-corrected chi connectivity index (χ1v) is 4.27. The second-order valence-corrected chi connectivity index (χ2v) is 3.33. The van der Waals surface area contributed by atoms with Gasteiger partial charge in [0.1, 0.15) is 0 Å². The highest BCUT2D eigenvalue weighted by atomic mass is 16.3. The number of hydrogen-bond donors (Lipinski definition) is 3. The number of rotatable bonds is 4. The predicted molar refractivity (Wildman–Crippen MR) is 43.4 cm³/mol. The lowest BCUT2D eigenvalue weighted by molar-refractivity contribution is -0.109. The van der Waals surface area contributed by atoms with Crippen molar-refractivity contribution >= 4 is 6.41 Å². The molecule has 1 aliphatic carbocycles. The Kier molecular flexibility index (Phi) is 3.49. The van der Waals surface area contributed by atoms with E-state index in [-0.39, 0.29) is 0 Å². The lowest BCUT2D eigenvalue weighted by atomic mass is 10.0. The molecule has 0 aromatic carbocycles. The average Bonchev–Trinajstić information content (AvgIpc) is 2.32. The first-order chi connectivity index (χ1) is 5.74. The zero-order valence-electron chi connectivity index (χ0n) is 6.94. The molecule has 12 heavy (non-hydrogen) atoms. The lowest BCUT2D eigenvalue weighted by Crippen LogP contribution is -2.17. The molecule has 0 aromatic rings. The van der Waals surface area contributed by atoms with Crippen molar-refractivity contribution in [2.75, 3.05) is 6.54 Å². The molecule has 70 valence electrons. The minimum absolute atomic E-state index is 0.349. The van der Waals surface area contributed by atoms with Crippen molar-refractivity contribution in [1.29, 1.82) is 0 Å². The Morgan fingerprint density at radius 1 is 1.33 bits per heavy atom. The van der Waals surface area contributed by atoms with Gasteiger partial charge in [0.05, 0.1) is 12.2 Å². The number of amides is 1. The molecule has 3 N–H and O–H groups in total. The van der Waals surface area contributed by atoms with Gasteiger partial charge < -0.3 is 15.5 Å². The highest BCUT2D eigenvalue weighted by Gasteiger charge is 2.30. The van der Waals surface area contributed by atoms with E-state index in [9.17, 15) is 15.0 Å². The Balaban J connectivity index is 2.14. The van der Waals surface area contributed by atoms with E-state index in [4.69, 9.17) is 0 Å². The van der Waals surface area contributed by atoms with Crippen molar-refractivity contribution in [2.45, 2.75) is 31.5 Å². The van der Waals surface area contributed by atoms with Gasteiger partial charge in [-0.2, -0.15) is 0 Å². The molecular formula is C8H15NO3. The Bertz CT molecular complexity index is 141. The predicted octanol–water partition coefficient (Wildman–Crippen LogP) is -0.746. The fourth-order valence-corrected chi connectivity index (χ4v) is 1.68. The maximum absolute atomic E-state index is 9.90. The van der Waals surface area contributed by atoms with Gasteiger partial charge in [0, 0.05) is 6.54 Å². The molecule has 1 rings (SSSR count). The third-order valence-corrected chi connectivity index (χ3v) is 2.37. The number of carbonyl (C=O) groups is 1. The highest BCUT2D eigenvalue weighted by molar-refractivity contribution is 5.45. The minimum Gasteiger partial charge on any atom is -0.390 e. The van der Waals surface area contributed by atoms with Crippen molar-refractivity contribution in [3.63, 3.8) is 0 Å². The SMILES string of the molecule is O=CNCCC1C[C@@H](O)[C@@H](O)C1. The zero-order valence-corrected chi connectivity index (χ0v) is 6.94. The van der Waals surface area contributed by atoms with Crippen LogP contribution < -0.4 is 5.32 Å². The van der Waals surface area contributed by atoms with Gasteiger partial charge in [0.2, 0.25) is 6.41 Å². The van der Waals surface area contributed by atoms with Crippen LogP contribution in [0.15, 0.2) is 0 Å². The standard InChI is InChI=1S/C8H15NO3/c10-5-9-2-1-6-3-7(11)8(12)4-6/h5-8,11-12H,1-4H2,(H,9,10)/t6?,7-,8+. The molecular weight excluding hydrogens is 158 g/mol. The van der Waals surface area contributed by atoms with Gasteiger partial charge in [0.15, 0.2) is 0 Å². The van der Waals surface area contributed by atoms with Gasteiger partial charge in [-0.25, -0.2) is 0 Å². The molecule has 1 aliphatic rings. The van der Waals surface area contributed by atoms with Crippen LogP contribution in [0, 0.1) is 5.92 Å². The van der Waals surface area contributed by atoms with Crippen molar-refractivity contribution in [3.8, 4) is 0 Å². The van der Waals surface area contributed by atoms with Gasteiger partial charge in [-0.15, -0.1) is 0 Å². The molecule has 0 saturated heterocycles. The van der Waals surface area contributed by atoms with Crippen LogP contribution in [0.3, 0.4) is 0 Å². The quantitative estimate of drug-likeness (QED) is 0.387. The number of aliphatic hydroxyl groups is 2. The smallest absolute Gasteiger partial charge is 0.207 e. The molecule has 4 heteroatoms. The number of carbonyl (C=O) groups excluding carboxylic acids is 1. The summed E-state index contributed by atoms with van der Waals surface area (Å²) >= 11 is 0. The average molecular weight is 173 g/mol. The van der Waals surface area contributed by atoms with Crippen LogP contribution in [0.2, 0.25) is 0 Å². The van der Waals surface area contributed by atoms with Gasteiger partial charge >= 0.3 is 0 Å². The number of nitrogens with one attached hydrogen (secondary N) is 1. The van der Waals surface area contributed by atoms with Crippen LogP contribution in [-0.2, 0) is 4.79 Å². The molecule has 0 aliphatic heterocycles. The molecule has 1 saturated carbocycles. The fourth-order valence-electron chi connectivity index (χ4n) is 1.68. The van der Waals surface area contributed by atoms with Crippen LogP contribution in [-0.4, -0.2) is 35.4 Å². The maximum Gasteiger partial charge on any atom is 0.207 e.